The Bertz CT molecular complexity index is 218. The molecule has 1 rings (SSSR count). The van der Waals surface area contributed by atoms with Crippen molar-refractivity contribution < 1.29 is 5.11 Å². The molecule has 1 heterocycles. The van der Waals surface area contributed by atoms with Gasteiger partial charge in [-0.15, -0.1) is 0 Å². The zero-order valence-corrected chi connectivity index (χ0v) is 7.46. The van der Waals surface area contributed by atoms with Gasteiger partial charge in [-0.2, -0.15) is 5.10 Å². The summed E-state index contributed by atoms with van der Waals surface area (Å²) in [5, 5.41) is 18.8. The fourth-order valence-corrected chi connectivity index (χ4v) is 0.774. The highest BCUT2D eigenvalue weighted by Crippen LogP contribution is 2.01. The van der Waals surface area contributed by atoms with Gasteiger partial charge in [0.15, 0.2) is 0 Å². The predicted molar refractivity (Wildman–Crippen MR) is 46.6 cm³/mol. The molecule has 3 N–H and O–H groups in total. The van der Waals surface area contributed by atoms with Gasteiger partial charge >= 0.3 is 0 Å². The van der Waals surface area contributed by atoms with Crippen LogP contribution >= 0.6 is 0 Å². The molecule has 1 aromatic rings. The Morgan fingerprint density at radius 3 is 2.92 bits per heavy atom. The van der Waals surface area contributed by atoms with Crippen molar-refractivity contribution in [1.82, 2.24) is 15.5 Å². The Balaban J connectivity index is 2.36. The molecule has 4 nitrogen and oxygen atoms in total. The first-order valence-corrected chi connectivity index (χ1v) is 3.98. The molecule has 0 amide bonds. The minimum atomic E-state index is -0.231. The number of aliphatic hydroxyl groups excluding tert-OH is 1. The van der Waals surface area contributed by atoms with E-state index >= 15 is 0 Å². The third kappa shape index (κ3) is 2.64. The number of hydrogen-bond donors (Lipinski definition) is 3. The molecule has 0 aliphatic carbocycles. The molecular formula is C8H15N3O. The smallest absolute Gasteiger partial charge is 0.0607 e. The minimum absolute atomic E-state index is 0.126. The Morgan fingerprint density at radius 1 is 1.67 bits per heavy atom. The van der Waals surface area contributed by atoms with Crippen molar-refractivity contribution in [3.05, 3.63) is 18.0 Å². The monoisotopic (exact) mass is 169 g/mol. The van der Waals surface area contributed by atoms with Gasteiger partial charge in [0, 0.05) is 24.0 Å². The quantitative estimate of drug-likeness (QED) is 0.606. The number of rotatable bonds is 4. The lowest BCUT2D eigenvalue weighted by molar-refractivity contribution is 0.187. The largest absolute Gasteiger partial charge is 0.394 e. The maximum atomic E-state index is 8.93. The Hall–Kier alpha value is -0.870. The summed E-state index contributed by atoms with van der Waals surface area (Å²) in [5.41, 5.74) is 0.794. The molecule has 0 atom stereocenters. The van der Waals surface area contributed by atoms with E-state index in [1.165, 1.54) is 0 Å². The fourth-order valence-electron chi connectivity index (χ4n) is 0.774. The number of nitrogens with one attached hydrogen (secondary N) is 2. The number of aromatic amines is 1. The summed E-state index contributed by atoms with van der Waals surface area (Å²) in [4.78, 5) is 0. The van der Waals surface area contributed by atoms with Gasteiger partial charge < -0.3 is 10.4 Å². The van der Waals surface area contributed by atoms with E-state index in [0.29, 0.717) is 6.54 Å². The topological polar surface area (TPSA) is 60.9 Å². The molecule has 0 fully saturated rings. The first-order chi connectivity index (χ1) is 5.64. The third-order valence-corrected chi connectivity index (χ3v) is 1.71. The molecule has 4 heteroatoms. The second-order valence-corrected chi connectivity index (χ2v) is 3.48. The van der Waals surface area contributed by atoms with Crippen molar-refractivity contribution in [2.24, 2.45) is 0 Å². The maximum absolute atomic E-state index is 8.93. The van der Waals surface area contributed by atoms with Gasteiger partial charge in [0.05, 0.1) is 6.61 Å². The van der Waals surface area contributed by atoms with E-state index in [1.807, 2.05) is 19.9 Å². The van der Waals surface area contributed by atoms with Crippen LogP contribution in [0, 0.1) is 0 Å². The standard InChI is InChI=1S/C8H15N3O/c1-8(2,6-12)9-5-7-3-4-10-11-7/h3-4,9,12H,5-6H2,1-2H3,(H,10,11). The van der Waals surface area contributed by atoms with Crippen LogP contribution in [0.5, 0.6) is 0 Å². The molecule has 0 aliphatic heterocycles. The molecule has 0 spiro atoms. The third-order valence-electron chi connectivity index (χ3n) is 1.71. The number of aliphatic hydroxyl groups is 1. The molecule has 0 unspecified atom stereocenters. The Morgan fingerprint density at radius 2 is 2.42 bits per heavy atom. The summed E-state index contributed by atoms with van der Waals surface area (Å²) in [6, 6.07) is 1.90. The molecule has 0 aliphatic rings. The average molecular weight is 169 g/mol. The first-order valence-electron chi connectivity index (χ1n) is 3.98. The SMILES string of the molecule is CC(C)(CO)NCc1ccn[nH]1. The highest BCUT2D eigenvalue weighted by Gasteiger charge is 2.14. The van der Waals surface area contributed by atoms with Crippen molar-refractivity contribution in [3.63, 3.8) is 0 Å². The highest BCUT2D eigenvalue weighted by atomic mass is 16.3. The fraction of sp³-hybridized carbons (Fsp3) is 0.625. The molecular weight excluding hydrogens is 154 g/mol. The van der Waals surface area contributed by atoms with Gasteiger partial charge in [-0.25, -0.2) is 0 Å². The second kappa shape index (κ2) is 3.69. The van der Waals surface area contributed by atoms with Crippen molar-refractivity contribution in [3.8, 4) is 0 Å². The van der Waals surface area contributed by atoms with Gasteiger partial charge in [0.1, 0.15) is 0 Å². The van der Waals surface area contributed by atoms with Gasteiger partial charge in [0.2, 0.25) is 0 Å². The van der Waals surface area contributed by atoms with Crippen molar-refractivity contribution in [1.29, 1.82) is 0 Å². The lowest BCUT2D eigenvalue weighted by Gasteiger charge is -2.22. The van der Waals surface area contributed by atoms with Gasteiger partial charge in [-0.1, -0.05) is 0 Å². The van der Waals surface area contributed by atoms with E-state index in [0.717, 1.165) is 5.69 Å². The predicted octanol–water partition coefficient (Wildman–Crippen LogP) is 0.270. The normalized spacial score (nSPS) is 11.9. The van der Waals surface area contributed by atoms with E-state index in [9.17, 15) is 0 Å². The van der Waals surface area contributed by atoms with E-state index in [1.54, 1.807) is 6.20 Å². The number of nitrogens with zero attached hydrogens (tertiary/aromatic N) is 1. The Labute approximate surface area is 72.0 Å². The maximum Gasteiger partial charge on any atom is 0.0607 e. The lowest BCUT2D eigenvalue weighted by Crippen LogP contribution is -2.42. The number of hydrogen-bond acceptors (Lipinski definition) is 3. The summed E-state index contributed by atoms with van der Waals surface area (Å²) >= 11 is 0. The second-order valence-electron chi connectivity index (χ2n) is 3.48. The first kappa shape index (κ1) is 9.22. The van der Waals surface area contributed by atoms with Gasteiger partial charge in [0.25, 0.3) is 0 Å². The van der Waals surface area contributed by atoms with Crippen LogP contribution in [0.3, 0.4) is 0 Å². The van der Waals surface area contributed by atoms with Crippen LogP contribution in [0.25, 0.3) is 0 Å². The lowest BCUT2D eigenvalue weighted by atomic mass is 10.1. The summed E-state index contributed by atoms with van der Waals surface area (Å²) in [6.07, 6.45) is 1.71. The van der Waals surface area contributed by atoms with E-state index in [4.69, 9.17) is 5.11 Å². The summed E-state index contributed by atoms with van der Waals surface area (Å²) in [6.45, 7) is 4.72. The van der Waals surface area contributed by atoms with Crippen LogP contribution in [0.15, 0.2) is 12.3 Å². The van der Waals surface area contributed by atoms with Gasteiger partial charge in [-0.3, -0.25) is 5.10 Å². The van der Waals surface area contributed by atoms with Crippen LogP contribution in [-0.4, -0.2) is 27.4 Å². The molecule has 0 radical (unpaired) electrons. The summed E-state index contributed by atoms with van der Waals surface area (Å²) in [5.74, 6) is 0. The van der Waals surface area contributed by atoms with Gasteiger partial charge in [-0.05, 0) is 19.9 Å². The van der Waals surface area contributed by atoms with E-state index in [-0.39, 0.29) is 12.1 Å². The number of H-pyrrole nitrogens is 1. The van der Waals surface area contributed by atoms with Crippen molar-refractivity contribution in [2.45, 2.75) is 25.9 Å². The van der Waals surface area contributed by atoms with E-state index < -0.39 is 0 Å². The van der Waals surface area contributed by atoms with Crippen LogP contribution in [0.1, 0.15) is 19.5 Å². The number of aromatic nitrogens is 2. The zero-order valence-electron chi connectivity index (χ0n) is 7.46. The zero-order chi connectivity index (χ0) is 9.03. The molecule has 0 saturated carbocycles. The van der Waals surface area contributed by atoms with Crippen molar-refractivity contribution >= 4 is 0 Å². The highest BCUT2D eigenvalue weighted by molar-refractivity contribution is 4.97. The average Bonchev–Trinajstić information content (AvgIpc) is 2.53. The van der Waals surface area contributed by atoms with Crippen LogP contribution in [0.2, 0.25) is 0 Å². The Kier molecular flexibility index (Phi) is 2.83. The summed E-state index contributed by atoms with van der Waals surface area (Å²) in [7, 11) is 0. The van der Waals surface area contributed by atoms with Crippen LogP contribution in [-0.2, 0) is 6.54 Å². The van der Waals surface area contributed by atoms with Crippen LogP contribution < -0.4 is 5.32 Å². The molecule has 1 aromatic heterocycles. The molecule has 68 valence electrons. The molecule has 0 aromatic carbocycles. The van der Waals surface area contributed by atoms with Crippen molar-refractivity contribution in [2.75, 3.05) is 6.61 Å². The molecule has 0 bridgehead atoms. The van der Waals surface area contributed by atoms with Crippen LogP contribution in [0.4, 0.5) is 0 Å². The molecule has 0 saturated heterocycles. The van der Waals surface area contributed by atoms with E-state index in [2.05, 4.69) is 15.5 Å². The summed E-state index contributed by atoms with van der Waals surface area (Å²) < 4.78 is 0. The minimum Gasteiger partial charge on any atom is -0.394 e. The molecule has 12 heavy (non-hydrogen) atoms.